The molecule has 0 bridgehead atoms. The van der Waals surface area contributed by atoms with Crippen LogP contribution in [0.2, 0.25) is 5.02 Å². The third kappa shape index (κ3) is 7.90. The number of benzene rings is 1. The van der Waals surface area contributed by atoms with Crippen molar-refractivity contribution in [2.24, 2.45) is 0 Å². The van der Waals surface area contributed by atoms with Crippen molar-refractivity contribution in [3.8, 4) is 0 Å². The summed E-state index contributed by atoms with van der Waals surface area (Å²) >= 11 is 9.54. The largest absolute Gasteiger partial charge is 0.382 e. The summed E-state index contributed by atoms with van der Waals surface area (Å²) in [5.41, 5.74) is 1.13. The Kier molecular flexibility index (Phi) is 9.47. The van der Waals surface area contributed by atoms with Gasteiger partial charge in [0.05, 0.1) is 13.2 Å². The highest BCUT2D eigenvalue weighted by molar-refractivity contribution is 9.10. The van der Waals surface area contributed by atoms with Gasteiger partial charge in [-0.25, -0.2) is 0 Å². The molecule has 5 heteroatoms. The quantitative estimate of drug-likeness (QED) is 0.654. The molecule has 0 fully saturated rings. The molecule has 1 aromatic rings. The Morgan fingerprint density at radius 3 is 2.79 bits per heavy atom. The second kappa shape index (κ2) is 10.6. The maximum Gasteiger partial charge on any atom is 0.0700 e. The summed E-state index contributed by atoms with van der Waals surface area (Å²) in [6.07, 6.45) is 2.16. The van der Waals surface area contributed by atoms with E-state index >= 15 is 0 Å². The summed E-state index contributed by atoms with van der Waals surface area (Å²) < 4.78 is 11.3. The Morgan fingerprint density at radius 2 is 2.05 bits per heavy atom. The topological polar surface area (TPSA) is 30.5 Å². The summed E-state index contributed by atoms with van der Waals surface area (Å²) in [5, 5.41) is 4.18. The van der Waals surface area contributed by atoms with E-state index in [4.69, 9.17) is 21.1 Å². The van der Waals surface area contributed by atoms with E-state index in [9.17, 15) is 0 Å². The fourth-order valence-corrected chi connectivity index (χ4v) is 2.33. The van der Waals surface area contributed by atoms with Crippen molar-refractivity contribution in [3.05, 3.63) is 33.3 Å². The van der Waals surface area contributed by atoms with Crippen LogP contribution in [0.1, 0.15) is 18.4 Å². The average Bonchev–Trinajstić information content (AvgIpc) is 2.39. The van der Waals surface area contributed by atoms with Gasteiger partial charge in [-0.15, -0.1) is 0 Å². The molecule has 3 nitrogen and oxygen atoms in total. The number of ether oxygens (including phenoxy) is 2. The molecule has 0 atom stereocenters. The maximum atomic E-state index is 6.14. The van der Waals surface area contributed by atoms with E-state index in [1.807, 2.05) is 18.2 Å². The fraction of sp³-hybridized carbons (Fsp3) is 0.571. The summed E-state index contributed by atoms with van der Waals surface area (Å²) in [4.78, 5) is 0. The van der Waals surface area contributed by atoms with Gasteiger partial charge < -0.3 is 14.8 Å². The molecule has 0 amide bonds. The van der Waals surface area contributed by atoms with Crippen LogP contribution in [-0.4, -0.2) is 33.5 Å². The van der Waals surface area contributed by atoms with E-state index in [1.54, 1.807) is 7.11 Å². The lowest BCUT2D eigenvalue weighted by molar-refractivity contribution is 0.0688. The van der Waals surface area contributed by atoms with Gasteiger partial charge in [-0.2, -0.15) is 0 Å². The minimum Gasteiger partial charge on any atom is -0.382 e. The highest BCUT2D eigenvalue weighted by atomic mass is 79.9. The number of hydrogen-bond acceptors (Lipinski definition) is 3. The molecule has 19 heavy (non-hydrogen) atoms. The van der Waals surface area contributed by atoms with Crippen LogP contribution in [0.4, 0.5) is 0 Å². The first-order valence-corrected chi connectivity index (χ1v) is 7.62. The fourth-order valence-electron chi connectivity index (χ4n) is 1.59. The van der Waals surface area contributed by atoms with E-state index in [-0.39, 0.29) is 0 Å². The molecule has 0 heterocycles. The predicted molar refractivity (Wildman–Crippen MR) is 82.8 cm³/mol. The van der Waals surface area contributed by atoms with Gasteiger partial charge in [0, 0.05) is 29.8 Å². The molecular weight excluding hydrogens is 330 g/mol. The van der Waals surface area contributed by atoms with Crippen LogP contribution in [0.5, 0.6) is 0 Å². The molecule has 0 aromatic heterocycles. The number of nitrogens with one attached hydrogen (secondary N) is 1. The lowest BCUT2D eigenvalue weighted by atomic mass is 10.2. The Morgan fingerprint density at radius 1 is 1.21 bits per heavy atom. The molecule has 1 N–H and O–H groups in total. The Balaban J connectivity index is 2.01. The maximum absolute atomic E-state index is 6.14. The second-order valence-electron chi connectivity index (χ2n) is 4.22. The van der Waals surface area contributed by atoms with Crippen molar-refractivity contribution < 1.29 is 9.47 Å². The normalized spacial score (nSPS) is 10.9. The number of methoxy groups -OCH3 is 1. The zero-order chi connectivity index (χ0) is 13.9. The molecule has 0 aliphatic carbocycles. The van der Waals surface area contributed by atoms with Gasteiger partial charge in [0.2, 0.25) is 0 Å². The molecule has 108 valence electrons. The summed E-state index contributed by atoms with van der Waals surface area (Å²) in [6, 6.07) is 5.96. The highest BCUT2D eigenvalue weighted by Gasteiger charge is 2.00. The summed E-state index contributed by atoms with van der Waals surface area (Å²) in [5.74, 6) is 0. The predicted octanol–water partition coefficient (Wildman–Crippen LogP) is 3.64. The van der Waals surface area contributed by atoms with E-state index < -0.39 is 0 Å². The van der Waals surface area contributed by atoms with Crippen LogP contribution in [0.25, 0.3) is 0 Å². The standard InChI is InChI=1S/C14H21BrClNO2/c1-18-8-9-19-7-3-2-6-17-11-12-4-5-13(15)10-14(12)16/h4-5,10,17H,2-3,6-9,11H2,1H3. The van der Waals surface area contributed by atoms with Gasteiger partial charge >= 0.3 is 0 Å². The van der Waals surface area contributed by atoms with E-state index in [1.165, 1.54) is 0 Å². The minimum atomic E-state index is 0.667. The molecular formula is C14H21BrClNO2. The average molecular weight is 351 g/mol. The first kappa shape index (κ1) is 16.9. The molecule has 0 saturated carbocycles. The van der Waals surface area contributed by atoms with E-state index in [0.717, 1.165) is 47.6 Å². The van der Waals surface area contributed by atoms with Crippen LogP contribution in [0.15, 0.2) is 22.7 Å². The number of halogens is 2. The number of hydrogen-bond donors (Lipinski definition) is 1. The molecule has 0 aliphatic rings. The Bertz CT molecular complexity index is 363. The zero-order valence-electron chi connectivity index (χ0n) is 11.3. The first-order valence-electron chi connectivity index (χ1n) is 6.45. The number of rotatable bonds is 10. The molecule has 0 saturated heterocycles. The molecule has 0 aliphatic heterocycles. The van der Waals surface area contributed by atoms with Gasteiger partial charge in [0.1, 0.15) is 0 Å². The van der Waals surface area contributed by atoms with Crippen molar-refractivity contribution in [3.63, 3.8) is 0 Å². The van der Waals surface area contributed by atoms with E-state index in [2.05, 4.69) is 21.2 Å². The SMILES string of the molecule is COCCOCCCCNCc1ccc(Br)cc1Cl. The Labute approximate surface area is 128 Å². The molecule has 0 spiro atoms. The lowest BCUT2D eigenvalue weighted by Gasteiger charge is -2.07. The second-order valence-corrected chi connectivity index (χ2v) is 5.55. The monoisotopic (exact) mass is 349 g/mol. The van der Waals surface area contributed by atoms with Crippen molar-refractivity contribution in [1.82, 2.24) is 5.32 Å². The minimum absolute atomic E-state index is 0.667. The van der Waals surface area contributed by atoms with Gasteiger partial charge in [-0.3, -0.25) is 0 Å². The molecule has 1 rings (SSSR count). The summed E-state index contributed by atoms with van der Waals surface area (Å²) in [6.45, 7) is 3.92. The summed E-state index contributed by atoms with van der Waals surface area (Å²) in [7, 11) is 1.68. The molecule has 1 aromatic carbocycles. The van der Waals surface area contributed by atoms with Crippen molar-refractivity contribution >= 4 is 27.5 Å². The Hall–Kier alpha value is -0.130. The smallest absolute Gasteiger partial charge is 0.0700 e. The van der Waals surface area contributed by atoms with Crippen molar-refractivity contribution in [2.45, 2.75) is 19.4 Å². The van der Waals surface area contributed by atoms with Gasteiger partial charge in [-0.1, -0.05) is 33.6 Å². The first-order chi connectivity index (χ1) is 9.24. The number of unbranched alkanes of at least 4 members (excludes halogenated alkanes) is 1. The molecule has 0 unspecified atom stereocenters. The van der Waals surface area contributed by atoms with Gasteiger partial charge in [0.25, 0.3) is 0 Å². The van der Waals surface area contributed by atoms with Gasteiger partial charge in [0.15, 0.2) is 0 Å². The van der Waals surface area contributed by atoms with Crippen LogP contribution < -0.4 is 5.32 Å². The van der Waals surface area contributed by atoms with Crippen LogP contribution in [0.3, 0.4) is 0 Å². The van der Waals surface area contributed by atoms with Crippen molar-refractivity contribution in [2.75, 3.05) is 33.5 Å². The van der Waals surface area contributed by atoms with Crippen LogP contribution >= 0.6 is 27.5 Å². The molecule has 0 radical (unpaired) electrons. The lowest BCUT2D eigenvalue weighted by Crippen LogP contribution is -2.15. The van der Waals surface area contributed by atoms with Gasteiger partial charge in [-0.05, 0) is 37.1 Å². The van der Waals surface area contributed by atoms with E-state index in [0.29, 0.717) is 13.2 Å². The third-order valence-corrected chi connectivity index (χ3v) is 3.50. The zero-order valence-corrected chi connectivity index (χ0v) is 13.6. The highest BCUT2D eigenvalue weighted by Crippen LogP contribution is 2.21. The van der Waals surface area contributed by atoms with Crippen molar-refractivity contribution in [1.29, 1.82) is 0 Å². The third-order valence-electron chi connectivity index (χ3n) is 2.65. The van der Waals surface area contributed by atoms with Crippen LogP contribution in [-0.2, 0) is 16.0 Å². The van der Waals surface area contributed by atoms with Crippen LogP contribution in [0, 0.1) is 0 Å².